The van der Waals surface area contributed by atoms with Gasteiger partial charge in [-0.05, 0) is 60.6 Å². The lowest BCUT2D eigenvalue weighted by atomic mass is 9.84. The standard InChI is InChI=1S/C19H25NO3/c1-13(2)17-12-18(15-4-7-16(23-3)8-5-15)20-11-10-14(17)6-9-19(21)22/h4-5,7-8,12-14H,6,9-11H2,1-3H3,(H,21,22). The minimum absolute atomic E-state index is 0.215. The minimum Gasteiger partial charge on any atom is -0.497 e. The van der Waals surface area contributed by atoms with Gasteiger partial charge in [-0.2, -0.15) is 0 Å². The summed E-state index contributed by atoms with van der Waals surface area (Å²) in [7, 11) is 1.65. The molecule has 1 aromatic rings. The molecule has 0 amide bonds. The molecule has 0 aromatic heterocycles. The van der Waals surface area contributed by atoms with Crippen LogP contribution in [0.25, 0.3) is 0 Å². The third kappa shape index (κ3) is 4.68. The molecule has 23 heavy (non-hydrogen) atoms. The van der Waals surface area contributed by atoms with E-state index in [-0.39, 0.29) is 6.42 Å². The number of ether oxygens (including phenoxy) is 1. The molecule has 0 aliphatic carbocycles. The second-order valence-electron chi connectivity index (χ2n) is 6.21. The number of carboxylic acid groups (broad SMARTS) is 1. The molecule has 1 aromatic carbocycles. The third-order valence-electron chi connectivity index (χ3n) is 4.29. The lowest BCUT2D eigenvalue weighted by Gasteiger charge is -2.21. The maximum Gasteiger partial charge on any atom is 0.303 e. The van der Waals surface area contributed by atoms with Gasteiger partial charge in [0, 0.05) is 13.0 Å². The predicted octanol–water partition coefficient (Wildman–Crippen LogP) is 3.95. The van der Waals surface area contributed by atoms with E-state index in [4.69, 9.17) is 14.8 Å². The number of nitrogens with zero attached hydrogens (tertiary/aromatic N) is 1. The smallest absolute Gasteiger partial charge is 0.303 e. The summed E-state index contributed by atoms with van der Waals surface area (Å²) in [6.45, 7) is 5.06. The Morgan fingerprint density at radius 2 is 2.04 bits per heavy atom. The SMILES string of the molecule is COc1ccc(C2=NCCC(CCC(=O)O)C(C(C)C)=C2)cc1. The first-order valence-electron chi connectivity index (χ1n) is 8.13. The first kappa shape index (κ1) is 17.3. The summed E-state index contributed by atoms with van der Waals surface area (Å²) in [6, 6.07) is 7.91. The third-order valence-corrected chi connectivity index (χ3v) is 4.29. The van der Waals surface area contributed by atoms with Crippen LogP contribution in [0.5, 0.6) is 5.75 Å². The summed E-state index contributed by atoms with van der Waals surface area (Å²) in [5.74, 6) is 0.782. The van der Waals surface area contributed by atoms with Gasteiger partial charge in [-0.25, -0.2) is 0 Å². The fourth-order valence-electron chi connectivity index (χ4n) is 3.01. The van der Waals surface area contributed by atoms with Gasteiger partial charge in [0.2, 0.25) is 0 Å². The van der Waals surface area contributed by atoms with Crippen LogP contribution in [0.15, 0.2) is 40.9 Å². The van der Waals surface area contributed by atoms with E-state index in [1.54, 1.807) is 7.11 Å². The van der Waals surface area contributed by atoms with E-state index < -0.39 is 5.97 Å². The zero-order valence-electron chi connectivity index (χ0n) is 14.1. The van der Waals surface area contributed by atoms with Gasteiger partial charge in [-0.1, -0.05) is 19.4 Å². The Bertz CT molecular complexity index is 600. The summed E-state index contributed by atoms with van der Waals surface area (Å²) < 4.78 is 5.20. The van der Waals surface area contributed by atoms with E-state index in [0.29, 0.717) is 18.3 Å². The fourth-order valence-corrected chi connectivity index (χ4v) is 3.01. The quantitative estimate of drug-likeness (QED) is 0.864. The minimum atomic E-state index is -0.728. The first-order valence-corrected chi connectivity index (χ1v) is 8.13. The Kier molecular flexibility index (Phi) is 5.97. The molecule has 0 bridgehead atoms. The van der Waals surface area contributed by atoms with Crippen molar-refractivity contribution < 1.29 is 14.6 Å². The number of rotatable bonds is 6. The number of carboxylic acids is 1. The number of carbonyl (C=O) groups is 1. The van der Waals surface area contributed by atoms with E-state index >= 15 is 0 Å². The summed E-state index contributed by atoms with van der Waals surface area (Å²) in [5, 5.41) is 8.96. The molecule has 1 heterocycles. The molecule has 4 heteroatoms. The van der Waals surface area contributed by atoms with Crippen LogP contribution in [-0.2, 0) is 4.79 Å². The molecule has 0 fully saturated rings. The van der Waals surface area contributed by atoms with Gasteiger partial charge in [-0.3, -0.25) is 9.79 Å². The van der Waals surface area contributed by atoms with Gasteiger partial charge in [-0.15, -0.1) is 0 Å². The molecule has 1 atom stereocenters. The second-order valence-corrected chi connectivity index (χ2v) is 6.21. The fraction of sp³-hybridized carbons (Fsp3) is 0.474. The summed E-state index contributed by atoms with van der Waals surface area (Å²) in [6.07, 6.45) is 3.97. The number of allylic oxidation sites excluding steroid dienone is 2. The lowest BCUT2D eigenvalue weighted by Crippen LogP contribution is -2.12. The molecule has 124 valence electrons. The van der Waals surface area contributed by atoms with Crippen molar-refractivity contribution in [2.75, 3.05) is 13.7 Å². The van der Waals surface area contributed by atoms with Crippen molar-refractivity contribution in [1.29, 1.82) is 0 Å². The molecule has 0 radical (unpaired) electrons. The number of aliphatic carboxylic acids is 1. The normalized spacial score (nSPS) is 18.2. The number of aliphatic imine (C=N–C) groups is 1. The Hall–Kier alpha value is -2.10. The van der Waals surface area contributed by atoms with Crippen LogP contribution in [0.3, 0.4) is 0 Å². The zero-order chi connectivity index (χ0) is 16.8. The van der Waals surface area contributed by atoms with Crippen LogP contribution in [-0.4, -0.2) is 30.4 Å². The first-order chi connectivity index (χ1) is 11.0. The van der Waals surface area contributed by atoms with Gasteiger partial charge in [0.1, 0.15) is 5.75 Å². The molecule has 1 unspecified atom stereocenters. The second kappa shape index (κ2) is 7.95. The van der Waals surface area contributed by atoms with Crippen molar-refractivity contribution in [3.63, 3.8) is 0 Å². The molecule has 0 saturated carbocycles. The van der Waals surface area contributed by atoms with Gasteiger partial charge in [0.25, 0.3) is 0 Å². The van der Waals surface area contributed by atoms with E-state index in [9.17, 15) is 4.79 Å². The maximum absolute atomic E-state index is 10.9. The van der Waals surface area contributed by atoms with Crippen molar-refractivity contribution in [2.24, 2.45) is 16.8 Å². The Balaban J connectivity index is 2.25. The predicted molar refractivity (Wildman–Crippen MR) is 92.3 cm³/mol. The number of methoxy groups -OCH3 is 1. The van der Waals surface area contributed by atoms with Crippen LogP contribution in [0.4, 0.5) is 0 Å². The largest absolute Gasteiger partial charge is 0.497 e. The van der Waals surface area contributed by atoms with Crippen LogP contribution < -0.4 is 4.74 Å². The molecule has 0 saturated heterocycles. The highest BCUT2D eigenvalue weighted by molar-refractivity contribution is 6.09. The summed E-state index contributed by atoms with van der Waals surface area (Å²) in [5.41, 5.74) is 3.36. The van der Waals surface area contributed by atoms with Gasteiger partial charge in [0.15, 0.2) is 0 Å². The van der Waals surface area contributed by atoms with Crippen molar-refractivity contribution in [2.45, 2.75) is 33.1 Å². The summed E-state index contributed by atoms with van der Waals surface area (Å²) >= 11 is 0. The molecular weight excluding hydrogens is 290 g/mol. The highest BCUT2D eigenvalue weighted by atomic mass is 16.5. The van der Waals surface area contributed by atoms with Crippen LogP contribution in [0.1, 0.15) is 38.7 Å². The van der Waals surface area contributed by atoms with Crippen LogP contribution in [0, 0.1) is 11.8 Å². The van der Waals surface area contributed by atoms with E-state index in [1.165, 1.54) is 5.57 Å². The number of hydrogen-bond acceptors (Lipinski definition) is 3. The topological polar surface area (TPSA) is 58.9 Å². The molecule has 1 aliphatic heterocycles. The highest BCUT2D eigenvalue weighted by Crippen LogP contribution is 2.30. The van der Waals surface area contributed by atoms with Gasteiger partial charge in [0.05, 0.1) is 12.8 Å². The van der Waals surface area contributed by atoms with Crippen LogP contribution in [0.2, 0.25) is 0 Å². The highest BCUT2D eigenvalue weighted by Gasteiger charge is 2.21. The van der Waals surface area contributed by atoms with Gasteiger partial charge < -0.3 is 9.84 Å². The number of hydrogen-bond donors (Lipinski definition) is 1. The average molecular weight is 315 g/mol. The average Bonchev–Trinajstić information content (AvgIpc) is 2.75. The Labute approximate surface area is 137 Å². The molecule has 2 rings (SSSR count). The molecule has 4 nitrogen and oxygen atoms in total. The molecule has 1 N–H and O–H groups in total. The lowest BCUT2D eigenvalue weighted by molar-refractivity contribution is -0.137. The van der Waals surface area contributed by atoms with Crippen molar-refractivity contribution in [1.82, 2.24) is 0 Å². The monoisotopic (exact) mass is 315 g/mol. The van der Waals surface area contributed by atoms with Gasteiger partial charge >= 0.3 is 5.97 Å². The van der Waals surface area contributed by atoms with E-state index in [0.717, 1.165) is 30.0 Å². The molecule has 1 aliphatic rings. The van der Waals surface area contributed by atoms with E-state index in [2.05, 4.69) is 19.9 Å². The number of benzene rings is 1. The van der Waals surface area contributed by atoms with Crippen molar-refractivity contribution >= 4 is 11.7 Å². The molecular formula is C19H25NO3. The Morgan fingerprint density at radius 3 is 2.61 bits per heavy atom. The maximum atomic E-state index is 10.9. The van der Waals surface area contributed by atoms with Crippen molar-refractivity contribution in [3.8, 4) is 5.75 Å². The van der Waals surface area contributed by atoms with Crippen LogP contribution >= 0.6 is 0 Å². The van der Waals surface area contributed by atoms with E-state index in [1.807, 2.05) is 24.3 Å². The van der Waals surface area contributed by atoms with Crippen molar-refractivity contribution in [3.05, 3.63) is 41.5 Å². The zero-order valence-corrected chi connectivity index (χ0v) is 14.1. The summed E-state index contributed by atoms with van der Waals surface area (Å²) in [4.78, 5) is 15.6. The Morgan fingerprint density at radius 1 is 1.35 bits per heavy atom. The molecule has 0 spiro atoms.